The van der Waals surface area contributed by atoms with Crippen molar-refractivity contribution < 1.29 is 4.79 Å². The van der Waals surface area contributed by atoms with E-state index in [4.69, 9.17) is 0 Å². The summed E-state index contributed by atoms with van der Waals surface area (Å²) in [6.07, 6.45) is 4.31. The summed E-state index contributed by atoms with van der Waals surface area (Å²) in [4.78, 5) is 18.2. The molecule has 1 aromatic heterocycles. The van der Waals surface area contributed by atoms with Crippen LogP contribution >= 0.6 is 0 Å². The lowest BCUT2D eigenvalue weighted by Gasteiger charge is -2.30. The van der Waals surface area contributed by atoms with Gasteiger partial charge in [-0.3, -0.25) is 9.78 Å². The van der Waals surface area contributed by atoms with Crippen LogP contribution < -0.4 is 5.32 Å². The number of hydrogen-bond donors (Lipinski definition) is 1. The first kappa shape index (κ1) is 12.0. The fourth-order valence-electron chi connectivity index (χ4n) is 2.15. The summed E-state index contributed by atoms with van der Waals surface area (Å²) in [5, 5.41) is 3.45. The molecule has 1 aromatic rings. The van der Waals surface area contributed by atoms with Gasteiger partial charge in [0, 0.05) is 31.0 Å². The molecule has 92 valence electrons. The first-order valence-electron chi connectivity index (χ1n) is 6.03. The average molecular weight is 233 g/mol. The van der Waals surface area contributed by atoms with Gasteiger partial charge in [-0.15, -0.1) is 0 Å². The van der Waals surface area contributed by atoms with Crippen molar-refractivity contribution >= 4 is 5.91 Å². The Kier molecular flexibility index (Phi) is 3.43. The quantitative estimate of drug-likeness (QED) is 0.795. The summed E-state index contributed by atoms with van der Waals surface area (Å²) >= 11 is 0. The summed E-state index contributed by atoms with van der Waals surface area (Å²) in [7, 11) is 0. The molecule has 17 heavy (non-hydrogen) atoms. The fraction of sp³-hybridized carbons (Fsp3) is 0.538. The molecule has 0 radical (unpaired) electrons. The van der Waals surface area contributed by atoms with Crippen LogP contribution in [0.15, 0.2) is 24.5 Å². The Morgan fingerprint density at radius 2 is 2.35 bits per heavy atom. The third-order valence-corrected chi connectivity index (χ3v) is 2.99. The van der Waals surface area contributed by atoms with Gasteiger partial charge in [0.2, 0.25) is 0 Å². The summed E-state index contributed by atoms with van der Waals surface area (Å²) < 4.78 is 0. The van der Waals surface area contributed by atoms with Crippen LogP contribution in [0.2, 0.25) is 0 Å². The van der Waals surface area contributed by atoms with E-state index in [9.17, 15) is 4.79 Å². The largest absolute Gasteiger partial charge is 0.337 e. The van der Waals surface area contributed by atoms with E-state index in [1.807, 2.05) is 11.0 Å². The lowest BCUT2D eigenvalue weighted by Crippen LogP contribution is -2.47. The zero-order valence-electron chi connectivity index (χ0n) is 10.4. The molecule has 0 aliphatic carbocycles. The van der Waals surface area contributed by atoms with Gasteiger partial charge in [0.05, 0.1) is 5.56 Å². The molecule has 0 spiro atoms. The van der Waals surface area contributed by atoms with E-state index in [0.29, 0.717) is 5.56 Å². The molecule has 1 N–H and O–H groups in total. The van der Waals surface area contributed by atoms with E-state index in [2.05, 4.69) is 24.1 Å². The lowest BCUT2D eigenvalue weighted by atomic mass is 10.1. The maximum Gasteiger partial charge on any atom is 0.255 e. The smallest absolute Gasteiger partial charge is 0.255 e. The van der Waals surface area contributed by atoms with Crippen LogP contribution in [0.4, 0.5) is 0 Å². The number of amides is 1. The standard InChI is InChI=1S/C13H19N3O/c1-13(2)10-16(8-4-7-15-13)12(17)11-5-3-6-14-9-11/h3,5-6,9,15H,4,7-8,10H2,1-2H3. The molecule has 1 saturated heterocycles. The van der Waals surface area contributed by atoms with Gasteiger partial charge in [0.25, 0.3) is 5.91 Å². The maximum atomic E-state index is 12.3. The monoisotopic (exact) mass is 233 g/mol. The van der Waals surface area contributed by atoms with Crippen LogP contribution in [-0.4, -0.2) is 41.0 Å². The molecule has 2 rings (SSSR count). The van der Waals surface area contributed by atoms with Crippen LogP contribution in [0, 0.1) is 0 Å². The van der Waals surface area contributed by atoms with Gasteiger partial charge in [0.1, 0.15) is 0 Å². The van der Waals surface area contributed by atoms with Gasteiger partial charge in [-0.2, -0.15) is 0 Å². The number of aromatic nitrogens is 1. The average Bonchev–Trinajstić information content (AvgIpc) is 2.50. The van der Waals surface area contributed by atoms with Crippen molar-refractivity contribution in [3.05, 3.63) is 30.1 Å². The molecule has 0 unspecified atom stereocenters. The molecule has 1 fully saturated rings. The van der Waals surface area contributed by atoms with E-state index >= 15 is 0 Å². The van der Waals surface area contributed by atoms with Crippen molar-refractivity contribution in [3.63, 3.8) is 0 Å². The maximum absolute atomic E-state index is 12.3. The highest BCUT2D eigenvalue weighted by molar-refractivity contribution is 5.93. The zero-order valence-corrected chi connectivity index (χ0v) is 10.4. The summed E-state index contributed by atoms with van der Waals surface area (Å²) in [5.41, 5.74) is 0.652. The van der Waals surface area contributed by atoms with Crippen molar-refractivity contribution in [1.29, 1.82) is 0 Å². The van der Waals surface area contributed by atoms with Gasteiger partial charge < -0.3 is 10.2 Å². The van der Waals surface area contributed by atoms with E-state index < -0.39 is 0 Å². The predicted octanol–water partition coefficient (Wildman–Crippen LogP) is 1.30. The Hall–Kier alpha value is -1.42. The molecular weight excluding hydrogens is 214 g/mol. The topological polar surface area (TPSA) is 45.2 Å². The Morgan fingerprint density at radius 1 is 1.53 bits per heavy atom. The van der Waals surface area contributed by atoms with Crippen molar-refractivity contribution in [3.8, 4) is 0 Å². The molecule has 1 aliphatic rings. The second kappa shape index (κ2) is 4.84. The van der Waals surface area contributed by atoms with Gasteiger partial charge in [0.15, 0.2) is 0 Å². The fourth-order valence-corrected chi connectivity index (χ4v) is 2.15. The second-order valence-electron chi connectivity index (χ2n) is 5.13. The summed E-state index contributed by atoms with van der Waals surface area (Å²) in [6, 6.07) is 3.62. The molecule has 0 atom stereocenters. The SMILES string of the molecule is CC1(C)CN(C(=O)c2cccnc2)CCCN1. The predicted molar refractivity (Wildman–Crippen MR) is 66.8 cm³/mol. The van der Waals surface area contributed by atoms with E-state index in [0.717, 1.165) is 26.1 Å². The van der Waals surface area contributed by atoms with Gasteiger partial charge in [-0.25, -0.2) is 0 Å². The van der Waals surface area contributed by atoms with Crippen LogP contribution in [0.1, 0.15) is 30.6 Å². The Morgan fingerprint density at radius 3 is 3.06 bits per heavy atom. The minimum Gasteiger partial charge on any atom is -0.337 e. The number of rotatable bonds is 1. The number of carbonyl (C=O) groups is 1. The number of nitrogens with zero attached hydrogens (tertiary/aromatic N) is 2. The molecule has 2 heterocycles. The highest BCUT2D eigenvalue weighted by Crippen LogP contribution is 2.13. The zero-order chi connectivity index (χ0) is 12.3. The van der Waals surface area contributed by atoms with Gasteiger partial charge in [-0.05, 0) is 38.9 Å². The molecule has 4 heteroatoms. The Bertz CT molecular complexity index is 389. The van der Waals surface area contributed by atoms with Crippen molar-refractivity contribution in [2.24, 2.45) is 0 Å². The van der Waals surface area contributed by atoms with Gasteiger partial charge in [-0.1, -0.05) is 0 Å². The molecule has 0 bridgehead atoms. The van der Waals surface area contributed by atoms with Crippen molar-refractivity contribution in [2.45, 2.75) is 25.8 Å². The third-order valence-electron chi connectivity index (χ3n) is 2.99. The molecule has 4 nitrogen and oxygen atoms in total. The minimum atomic E-state index is -0.0195. The number of nitrogens with one attached hydrogen (secondary N) is 1. The Balaban J connectivity index is 2.13. The minimum absolute atomic E-state index is 0.0195. The normalized spacial score (nSPS) is 19.8. The van der Waals surface area contributed by atoms with Crippen molar-refractivity contribution in [2.75, 3.05) is 19.6 Å². The molecule has 1 amide bonds. The van der Waals surface area contributed by atoms with Gasteiger partial charge >= 0.3 is 0 Å². The molecule has 0 aromatic carbocycles. The lowest BCUT2D eigenvalue weighted by molar-refractivity contribution is 0.0732. The third kappa shape index (κ3) is 3.03. The molecular formula is C13H19N3O. The van der Waals surface area contributed by atoms with E-state index in [1.165, 1.54) is 0 Å². The first-order valence-corrected chi connectivity index (χ1v) is 6.03. The second-order valence-corrected chi connectivity index (χ2v) is 5.13. The molecule has 0 saturated carbocycles. The van der Waals surface area contributed by atoms with Crippen LogP contribution in [0.5, 0.6) is 0 Å². The molecule has 1 aliphatic heterocycles. The van der Waals surface area contributed by atoms with Crippen molar-refractivity contribution in [1.82, 2.24) is 15.2 Å². The summed E-state index contributed by atoms with van der Waals surface area (Å²) in [6.45, 7) is 6.76. The van der Waals surface area contributed by atoms with Crippen LogP contribution in [-0.2, 0) is 0 Å². The van der Waals surface area contributed by atoms with Crippen LogP contribution in [0.25, 0.3) is 0 Å². The number of pyridine rings is 1. The number of hydrogen-bond acceptors (Lipinski definition) is 3. The van der Waals surface area contributed by atoms with Crippen LogP contribution in [0.3, 0.4) is 0 Å². The van der Waals surface area contributed by atoms with E-state index in [-0.39, 0.29) is 11.4 Å². The highest BCUT2D eigenvalue weighted by atomic mass is 16.2. The highest BCUT2D eigenvalue weighted by Gasteiger charge is 2.27. The number of carbonyl (C=O) groups excluding carboxylic acids is 1. The first-order chi connectivity index (χ1) is 8.08. The van der Waals surface area contributed by atoms with E-state index in [1.54, 1.807) is 18.5 Å². The Labute approximate surface area is 102 Å². The summed E-state index contributed by atoms with van der Waals surface area (Å²) in [5.74, 6) is 0.0786.